The lowest BCUT2D eigenvalue weighted by molar-refractivity contribution is -0.110. The van der Waals surface area contributed by atoms with E-state index in [1.54, 1.807) is 0 Å². The Morgan fingerprint density at radius 3 is 2.17 bits per heavy atom. The Balaban J connectivity index is 2.27. The summed E-state index contributed by atoms with van der Waals surface area (Å²) in [5.41, 5.74) is 5.47. The lowest BCUT2D eigenvalue weighted by atomic mass is 9.75. The molecule has 0 amide bonds. The Labute approximate surface area is 110 Å². The van der Waals surface area contributed by atoms with Crippen molar-refractivity contribution in [3.63, 3.8) is 0 Å². The highest BCUT2D eigenvalue weighted by Gasteiger charge is 2.36. The van der Waals surface area contributed by atoms with Crippen LogP contribution >= 0.6 is 0 Å². The molecule has 0 aromatic heterocycles. The third-order valence-electron chi connectivity index (χ3n) is 4.01. The quantitative estimate of drug-likeness (QED) is 0.887. The predicted octanol–water partition coefficient (Wildman–Crippen LogP) is 3.11. The maximum atomic E-state index is 9.74. The van der Waals surface area contributed by atoms with Gasteiger partial charge >= 0.3 is 0 Å². The third-order valence-corrected chi connectivity index (χ3v) is 4.01. The molecule has 1 heterocycles. The van der Waals surface area contributed by atoms with Crippen LogP contribution in [0.3, 0.4) is 0 Å². The molecule has 0 radical (unpaired) electrons. The number of benzene rings is 1. The van der Waals surface area contributed by atoms with E-state index in [0.717, 1.165) is 19.6 Å². The number of aliphatic hydroxyl groups is 1. The van der Waals surface area contributed by atoms with Gasteiger partial charge in [-0.25, -0.2) is 0 Å². The maximum Gasteiger partial charge on any atom is 0.0542 e. The van der Waals surface area contributed by atoms with Crippen molar-refractivity contribution in [3.05, 3.63) is 34.4 Å². The summed E-state index contributed by atoms with van der Waals surface area (Å²) in [6.07, 6.45) is 1.01. The molecule has 0 spiro atoms. The zero-order valence-electron chi connectivity index (χ0n) is 11.9. The van der Waals surface area contributed by atoms with Crippen molar-refractivity contribution < 1.29 is 9.84 Å². The van der Waals surface area contributed by atoms with E-state index in [-0.39, 0.29) is 17.9 Å². The van der Waals surface area contributed by atoms with Crippen LogP contribution in [0, 0.1) is 26.2 Å². The highest BCUT2D eigenvalue weighted by molar-refractivity contribution is 5.40. The van der Waals surface area contributed by atoms with E-state index in [1.165, 1.54) is 22.3 Å². The molecule has 18 heavy (non-hydrogen) atoms. The normalized spacial score (nSPS) is 19.4. The Morgan fingerprint density at radius 2 is 1.78 bits per heavy atom. The Bertz CT molecular complexity index is 410. The highest BCUT2D eigenvalue weighted by Crippen LogP contribution is 2.39. The average Bonchev–Trinajstić information content (AvgIpc) is 2.24. The Morgan fingerprint density at radius 1 is 1.22 bits per heavy atom. The third kappa shape index (κ3) is 2.60. The Kier molecular flexibility index (Phi) is 3.79. The van der Waals surface area contributed by atoms with Crippen molar-refractivity contribution in [2.75, 3.05) is 19.8 Å². The molecule has 100 valence electrons. The first-order valence-electron chi connectivity index (χ1n) is 6.71. The molecule has 1 aromatic rings. The molecule has 2 rings (SSSR count). The van der Waals surface area contributed by atoms with E-state index in [9.17, 15) is 5.11 Å². The molecule has 2 heteroatoms. The standard InChI is InChI=1S/C16H24O2/c1-11-5-12(2)15(13(3)6-11)14(8-17)7-16(4)9-18-10-16/h5-6,14,17H,7-10H2,1-4H3. The lowest BCUT2D eigenvalue weighted by Gasteiger charge is -2.41. The van der Waals surface area contributed by atoms with Crippen LogP contribution in [0.2, 0.25) is 0 Å². The SMILES string of the molecule is Cc1cc(C)c(C(CO)CC2(C)COC2)c(C)c1. The van der Waals surface area contributed by atoms with Crippen molar-refractivity contribution in [1.82, 2.24) is 0 Å². The monoisotopic (exact) mass is 248 g/mol. The molecule has 2 nitrogen and oxygen atoms in total. The van der Waals surface area contributed by atoms with Crippen molar-refractivity contribution in [2.24, 2.45) is 5.41 Å². The number of aliphatic hydroxyl groups excluding tert-OH is 1. The van der Waals surface area contributed by atoms with Gasteiger partial charge < -0.3 is 9.84 Å². The van der Waals surface area contributed by atoms with Gasteiger partial charge in [0.05, 0.1) is 13.2 Å². The summed E-state index contributed by atoms with van der Waals surface area (Å²) in [6, 6.07) is 4.43. The fraction of sp³-hybridized carbons (Fsp3) is 0.625. The Hall–Kier alpha value is -0.860. The molecule has 1 fully saturated rings. The summed E-state index contributed by atoms with van der Waals surface area (Å²) in [5, 5.41) is 9.74. The first-order chi connectivity index (χ1) is 8.45. The minimum Gasteiger partial charge on any atom is -0.396 e. The van der Waals surface area contributed by atoms with Crippen LogP contribution in [0.4, 0.5) is 0 Å². The van der Waals surface area contributed by atoms with E-state index in [1.807, 2.05) is 0 Å². The van der Waals surface area contributed by atoms with Gasteiger partial charge in [0.25, 0.3) is 0 Å². The zero-order valence-corrected chi connectivity index (χ0v) is 11.9. The average molecular weight is 248 g/mol. The molecule has 0 saturated carbocycles. The van der Waals surface area contributed by atoms with Crippen LogP contribution in [0.15, 0.2) is 12.1 Å². The van der Waals surface area contributed by atoms with Crippen LogP contribution in [0.1, 0.15) is 41.5 Å². The summed E-state index contributed by atoms with van der Waals surface area (Å²) in [6.45, 7) is 10.5. The van der Waals surface area contributed by atoms with E-state index >= 15 is 0 Å². The van der Waals surface area contributed by atoms with Crippen molar-refractivity contribution in [1.29, 1.82) is 0 Å². The van der Waals surface area contributed by atoms with Gasteiger partial charge in [0.15, 0.2) is 0 Å². The number of hydrogen-bond acceptors (Lipinski definition) is 2. The van der Waals surface area contributed by atoms with Crippen LogP contribution in [0.25, 0.3) is 0 Å². The van der Waals surface area contributed by atoms with Crippen LogP contribution < -0.4 is 0 Å². The molecule has 0 aliphatic carbocycles. The van der Waals surface area contributed by atoms with E-state index in [4.69, 9.17) is 4.74 Å². The molecule has 1 aliphatic heterocycles. The summed E-state index contributed by atoms with van der Waals surface area (Å²) < 4.78 is 5.32. The van der Waals surface area contributed by atoms with Crippen LogP contribution in [-0.4, -0.2) is 24.9 Å². The molecule has 1 atom stereocenters. The largest absolute Gasteiger partial charge is 0.396 e. The van der Waals surface area contributed by atoms with Crippen LogP contribution in [-0.2, 0) is 4.74 Å². The van der Waals surface area contributed by atoms with Gasteiger partial charge in [-0.1, -0.05) is 24.6 Å². The van der Waals surface area contributed by atoms with Crippen LogP contribution in [0.5, 0.6) is 0 Å². The van der Waals surface area contributed by atoms with Gasteiger partial charge in [-0.2, -0.15) is 0 Å². The summed E-state index contributed by atoms with van der Waals surface area (Å²) in [5.74, 6) is 0.236. The summed E-state index contributed by atoms with van der Waals surface area (Å²) in [7, 11) is 0. The summed E-state index contributed by atoms with van der Waals surface area (Å²) >= 11 is 0. The van der Waals surface area contributed by atoms with Gasteiger partial charge in [0.2, 0.25) is 0 Å². The second-order valence-electron chi connectivity index (χ2n) is 6.20. The zero-order chi connectivity index (χ0) is 13.3. The van der Waals surface area contributed by atoms with E-state index < -0.39 is 0 Å². The molecule has 1 aromatic carbocycles. The van der Waals surface area contributed by atoms with E-state index in [2.05, 4.69) is 39.8 Å². The first-order valence-corrected chi connectivity index (χ1v) is 6.71. The van der Waals surface area contributed by atoms with Gasteiger partial charge in [0.1, 0.15) is 0 Å². The molecule has 1 unspecified atom stereocenters. The molecular formula is C16H24O2. The minimum absolute atomic E-state index is 0.223. The van der Waals surface area contributed by atoms with E-state index in [0.29, 0.717) is 0 Å². The predicted molar refractivity (Wildman–Crippen MR) is 74.0 cm³/mol. The highest BCUT2D eigenvalue weighted by atomic mass is 16.5. The second kappa shape index (κ2) is 5.02. The van der Waals surface area contributed by atoms with Gasteiger partial charge in [0, 0.05) is 17.9 Å². The molecule has 1 N–H and O–H groups in total. The van der Waals surface area contributed by atoms with Crippen molar-refractivity contribution >= 4 is 0 Å². The molecule has 1 aliphatic rings. The number of ether oxygens (including phenoxy) is 1. The van der Waals surface area contributed by atoms with Crippen molar-refractivity contribution in [2.45, 2.75) is 40.0 Å². The van der Waals surface area contributed by atoms with Gasteiger partial charge in [-0.3, -0.25) is 0 Å². The van der Waals surface area contributed by atoms with Crippen molar-refractivity contribution in [3.8, 4) is 0 Å². The fourth-order valence-corrected chi connectivity index (χ4v) is 3.26. The number of rotatable bonds is 4. The topological polar surface area (TPSA) is 29.5 Å². The molecule has 1 saturated heterocycles. The molecule has 0 bridgehead atoms. The maximum absolute atomic E-state index is 9.74. The fourth-order valence-electron chi connectivity index (χ4n) is 3.26. The summed E-state index contributed by atoms with van der Waals surface area (Å²) in [4.78, 5) is 0. The van der Waals surface area contributed by atoms with Gasteiger partial charge in [-0.15, -0.1) is 0 Å². The number of aryl methyl sites for hydroxylation is 3. The van der Waals surface area contributed by atoms with Gasteiger partial charge in [-0.05, 0) is 43.9 Å². The number of hydrogen-bond donors (Lipinski definition) is 1. The molecular weight excluding hydrogens is 224 g/mol. The lowest BCUT2D eigenvalue weighted by Crippen LogP contribution is -2.41. The second-order valence-corrected chi connectivity index (χ2v) is 6.20. The smallest absolute Gasteiger partial charge is 0.0542 e. The first kappa shape index (κ1) is 13.6. The minimum atomic E-state index is 0.223.